The Labute approximate surface area is 118 Å². The lowest BCUT2D eigenvalue weighted by Gasteiger charge is -2.25. The molecule has 0 saturated heterocycles. The van der Waals surface area contributed by atoms with Crippen molar-refractivity contribution < 1.29 is 0 Å². The Morgan fingerprint density at radius 2 is 1.67 bits per heavy atom. The fourth-order valence-corrected chi connectivity index (χ4v) is 3.95. The fraction of sp³-hybridized carbons (Fsp3) is 0.875. The number of hydrogen-bond donors (Lipinski definition) is 1. The molecule has 0 aromatic heterocycles. The van der Waals surface area contributed by atoms with Crippen molar-refractivity contribution in [3.05, 3.63) is 10.6 Å². The summed E-state index contributed by atoms with van der Waals surface area (Å²) in [5.41, 5.74) is 1.59. The Morgan fingerprint density at radius 3 is 2.44 bits per heavy atom. The van der Waals surface area contributed by atoms with Crippen molar-refractivity contribution in [3.63, 3.8) is 0 Å². The Morgan fingerprint density at radius 1 is 1.00 bits per heavy atom. The number of thioether (sulfide) groups is 1. The van der Waals surface area contributed by atoms with Crippen molar-refractivity contribution in [2.24, 2.45) is 5.92 Å². The molecule has 1 nitrogen and oxygen atoms in total. The van der Waals surface area contributed by atoms with Gasteiger partial charge in [0, 0.05) is 22.9 Å². The first-order chi connectivity index (χ1) is 8.88. The van der Waals surface area contributed by atoms with Crippen molar-refractivity contribution in [1.82, 2.24) is 5.32 Å². The van der Waals surface area contributed by atoms with E-state index in [4.69, 9.17) is 0 Å². The summed E-state index contributed by atoms with van der Waals surface area (Å²) in [6, 6.07) is 0. The third-order valence-electron chi connectivity index (χ3n) is 3.76. The van der Waals surface area contributed by atoms with Crippen LogP contribution in [0.25, 0.3) is 0 Å². The first kappa shape index (κ1) is 15.9. The molecule has 1 atom stereocenters. The molecule has 1 aliphatic heterocycles. The summed E-state index contributed by atoms with van der Waals surface area (Å²) in [5, 5.41) is 3.65. The van der Waals surface area contributed by atoms with Gasteiger partial charge in [0.25, 0.3) is 0 Å². The predicted molar refractivity (Wildman–Crippen MR) is 84.9 cm³/mol. The van der Waals surface area contributed by atoms with Gasteiger partial charge in [0.1, 0.15) is 0 Å². The van der Waals surface area contributed by atoms with Gasteiger partial charge in [-0.15, -0.1) is 11.8 Å². The van der Waals surface area contributed by atoms with E-state index < -0.39 is 0 Å². The monoisotopic (exact) mass is 269 g/mol. The molecule has 0 spiro atoms. The van der Waals surface area contributed by atoms with E-state index in [0.29, 0.717) is 0 Å². The predicted octanol–water partition coefficient (Wildman–Crippen LogP) is 5.33. The van der Waals surface area contributed by atoms with Crippen LogP contribution in [0.5, 0.6) is 0 Å². The van der Waals surface area contributed by atoms with Crippen LogP contribution in [0.3, 0.4) is 0 Å². The quantitative estimate of drug-likeness (QED) is 0.638. The normalized spacial score (nSPS) is 26.1. The summed E-state index contributed by atoms with van der Waals surface area (Å²) in [7, 11) is 0. The first-order valence-corrected chi connectivity index (χ1v) is 8.96. The maximum absolute atomic E-state index is 3.65. The van der Waals surface area contributed by atoms with Crippen LogP contribution in [0, 0.1) is 5.92 Å². The van der Waals surface area contributed by atoms with E-state index in [1.807, 2.05) is 13.8 Å². The second kappa shape index (κ2) is 9.77. The van der Waals surface area contributed by atoms with Crippen LogP contribution in [0.15, 0.2) is 10.6 Å². The molecule has 1 aliphatic carbocycles. The molecule has 2 heteroatoms. The number of rotatable bonds is 0. The summed E-state index contributed by atoms with van der Waals surface area (Å²) < 4.78 is 0. The van der Waals surface area contributed by atoms with E-state index in [1.165, 1.54) is 63.7 Å². The summed E-state index contributed by atoms with van der Waals surface area (Å²) in [6.07, 6.45) is 11.3. The standard InChI is InChI=1S/C14H25NS.C2H6/c1-12-8-6-4-2-3-5-7-9-13-14(12)16-11-10-15-13;1-2/h12,15H,2-11H2,1H3;1-2H3. The van der Waals surface area contributed by atoms with E-state index in [0.717, 1.165) is 5.92 Å². The molecule has 0 bridgehead atoms. The average molecular weight is 269 g/mol. The van der Waals surface area contributed by atoms with E-state index in [2.05, 4.69) is 24.0 Å². The van der Waals surface area contributed by atoms with Crippen molar-refractivity contribution in [2.75, 3.05) is 12.3 Å². The lowest BCUT2D eigenvalue weighted by molar-refractivity contribution is 0.543. The van der Waals surface area contributed by atoms with Gasteiger partial charge in [-0.3, -0.25) is 0 Å². The molecule has 18 heavy (non-hydrogen) atoms. The smallest absolute Gasteiger partial charge is 0.0238 e. The van der Waals surface area contributed by atoms with E-state index in [1.54, 1.807) is 10.6 Å². The van der Waals surface area contributed by atoms with Crippen LogP contribution < -0.4 is 5.32 Å². The summed E-state index contributed by atoms with van der Waals surface area (Å²) in [5.74, 6) is 2.06. The second-order valence-electron chi connectivity index (χ2n) is 5.18. The molecule has 0 fully saturated rings. The maximum atomic E-state index is 3.65. The fourth-order valence-electron chi connectivity index (χ4n) is 2.78. The van der Waals surface area contributed by atoms with Gasteiger partial charge in [-0.2, -0.15) is 0 Å². The molecule has 1 unspecified atom stereocenters. The Balaban J connectivity index is 0.000000771. The minimum Gasteiger partial charge on any atom is -0.387 e. The highest BCUT2D eigenvalue weighted by molar-refractivity contribution is 8.03. The van der Waals surface area contributed by atoms with Crippen LogP contribution in [0.2, 0.25) is 0 Å². The molecule has 0 radical (unpaired) electrons. The Hall–Kier alpha value is -0.110. The van der Waals surface area contributed by atoms with Crippen LogP contribution in [0.4, 0.5) is 0 Å². The van der Waals surface area contributed by atoms with Crippen molar-refractivity contribution in [1.29, 1.82) is 0 Å². The number of hydrogen-bond acceptors (Lipinski definition) is 2. The second-order valence-corrected chi connectivity index (χ2v) is 6.32. The maximum Gasteiger partial charge on any atom is 0.0238 e. The van der Waals surface area contributed by atoms with Crippen LogP contribution in [-0.4, -0.2) is 12.3 Å². The van der Waals surface area contributed by atoms with Gasteiger partial charge in [0.15, 0.2) is 0 Å². The molecule has 1 N–H and O–H groups in total. The topological polar surface area (TPSA) is 12.0 Å². The molecule has 0 aromatic carbocycles. The first-order valence-electron chi connectivity index (χ1n) is 7.97. The van der Waals surface area contributed by atoms with Gasteiger partial charge in [0.05, 0.1) is 0 Å². The van der Waals surface area contributed by atoms with E-state index in [9.17, 15) is 0 Å². The minimum absolute atomic E-state index is 0.797. The molecule has 0 saturated carbocycles. The van der Waals surface area contributed by atoms with E-state index >= 15 is 0 Å². The third-order valence-corrected chi connectivity index (χ3v) is 5.12. The molecule has 0 amide bonds. The van der Waals surface area contributed by atoms with Gasteiger partial charge in [-0.1, -0.05) is 52.9 Å². The number of allylic oxidation sites excluding steroid dienone is 2. The lowest BCUT2D eigenvalue weighted by Crippen LogP contribution is -2.24. The van der Waals surface area contributed by atoms with Crippen molar-refractivity contribution in [2.45, 2.75) is 72.1 Å². The largest absolute Gasteiger partial charge is 0.387 e. The minimum atomic E-state index is 0.797. The van der Waals surface area contributed by atoms with Crippen molar-refractivity contribution in [3.8, 4) is 0 Å². The Kier molecular flexibility index (Phi) is 8.66. The lowest BCUT2D eigenvalue weighted by atomic mass is 10.0. The highest BCUT2D eigenvalue weighted by Crippen LogP contribution is 2.34. The molecule has 106 valence electrons. The Bertz CT molecular complexity index is 247. The number of nitrogens with one attached hydrogen (secondary N) is 1. The zero-order chi connectivity index (χ0) is 13.2. The van der Waals surface area contributed by atoms with Gasteiger partial charge < -0.3 is 5.32 Å². The summed E-state index contributed by atoms with van der Waals surface area (Å²) in [4.78, 5) is 1.69. The van der Waals surface area contributed by atoms with Crippen molar-refractivity contribution >= 4 is 11.8 Å². The van der Waals surface area contributed by atoms with Gasteiger partial charge >= 0.3 is 0 Å². The SMILES string of the molecule is CC.CC1CCCCCCCCC2=C1SCCN2. The zero-order valence-electron chi connectivity index (χ0n) is 12.6. The van der Waals surface area contributed by atoms with Crippen LogP contribution >= 0.6 is 11.8 Å². The average Bonchev–Trinajstić information content (AvgIpc) is 2.47. The van der Waals surface area contributed by atoms with Crippen LogP contribution in [-0.2, 0) is 0 Å². The molecule has 1 heterocycles. The van der Waals surface area contributed by atoms with Gasteiger partial charge in [0.2, 0.25) is 0 Å². The highest BCUT2D eigenvalue weighted by Gasteiger charge is 2.18. The van der Waals surface area contributed by atoms with Crippen LogP contribution in [0.1, 0.15) is 72.1 Å². The molecular weight excluding hydrogens is 238 g/mol. The summed E-state index contributed by atoms with van der Waals surface area (Å²) in [6.45, 7) is 7.60. The van der Waals surface area contributed by atoms with Gasteiger partial charge in [-0.25, -0.2) is 0 Å². The third kappa shape index (κ3) is 5.26. The highest BCUT2D eigenvalue weighted by atomic mass is 32.2. The van der Waals surface area contributed by atoms with E-state index in [-0.39, 0.29) is 0 Å². The molecule has 2 aliphatic rings. The molecule has 2 rings (SSSR count). The molecule has 0 aromatic rings. The zero-order valence-corrected chi connectivity index (χ0v) is 13.4. The van der Waals surface area contributed by atoms with Gasteiger partial charge in [-0.05, 0) is 25.2 Å². The molecular formula is C16H31NS. The summed E-state index contributed by atoms with van der Waals surface area (Å²) >= 11 is 2.12.